The highest BCUT2D eigenvalue weighted by atomic mass is 35.5. The third-order valence-electron chi connectivity index (χ3n) is 0.783. The summed E-state index contributed by atoms with van der Waals surface area (Å²) in [6, 6.07) is 0. The first kappa shape index (κ1) is 11.0. The molecule has 4 nitrogen and oxygen atoms in total. The first-order chi connectivity index (χ1) is 5.56. The molecule has 1 N–H and O–H groups in total. The third kappa shape index (κ3) is 5.73. The van der Waals surface area contributed by atoms with Crippen molar-refractivity contribution in [2.45, 2.75) is 19.7 Å². The number of rotatable bonds is 1. The van der Waals surface area contributed by atoms with E-state index < -0.39 is 5.97 Å². The van der Waals surface area contributed by atoms with E-state index in [0.717, 1.165) is 12.7 Å². The van der Waals surface area contributed by atoms with Gasteiger partial charge in [0.2, 0.25) is 5.89 Å². The number of carbonyl (C=O) groups is 1. The molecule has 1 aromatic rings. The van der Waals surface area contributed by atoms with E-state index in [2.05, 4.69) is 4.98 Å². The summed E-state index contributed by atoms with van der Waals surface area (Å²) >= 11 is 5.38. The molecule has 1 aromatic heterocycles. The summed E-state index contributed by atoms with van der Waals surface area (Å²) in [4.78, 5) is 12.8. The van der Waals surface area contributed by atoms with Crippen LogP contribution in [0.2, 0.25) is 0 Å². The van der Waals surface area contributed by atoms with Crippen molar-refractivity contribution in [2.24, 2.45) is 0 Å². The van der Waals surface area contributed by atoms with E-state index in [9.17, 15) is 0 Å². The SMILES string of the molecule is CC(=O)O.Cc1cnc(CCl)o1. The molecule has 0 amide bonds. The van der Waals surface area contributed by atoms with Crippen LogP contribution >= 0.6 is 11.6 Å². The molecule has 0 saturated carbocycles. The number of hydrogen-bond donors (Lipinski definition) is 1. The van der Waals surface area contributed by atoms with Crippen molar-refractivity contribution in [1.29, 1.82) is 0 Å². The van der Waals surface area contributed by atoms with Crippen LogP contribution in [0.5, 0.6) is 0 Å². The zero-order valence-electron chi connectivity index (χ0n) is 6.87. The van der Waals surface area contributed by atoms with Gasteiger partial charge in [0.25, 0.3) is 5.97 Å². The lowest BCUT2D eigenvalue weighted by Crippen LogP contribution is -1.78. The highest BCUT2D eigenvalue weighted by Crippen LogP contribution is 2.02. The van der Waals surface area contributed by atoms with Gasteiger partial charge in [-0.15, -0.1) is 11.6 Å². The van der Waals surface area contributed by atoms with Crippen molar-refractivity contribution in [1.82, 2.24) is 4.98 Å². The van der Waals surface area contributed by atoms with Gasteiger partial charge in [0, 0.05) is 6.92 Å². The average Bonchev–Trinajstić information content (AvgIpc) is 2.34. The molecule has 0 bridgehead atoms. The van der Waals surface area contributed by atoms with E-state index in [1.165, 1.54) is 0 Å². The van der Waals surface area contributed by atoms with E-state index in [0.29, 0.717) is 11.8 Å². The lowest BCUT2D eigenvalue weighted by molar-refractivity contribution is -0.134. The highest BCUT2D eigenvalue weighted by Gasteiger charge is 1.94. The molecule has 0 aliphatic heterocycles. The summed E-state index contributed by atoms with van der Waals surface area (Å²) < 4.78 is 4.99. The minimum Gasteiger partial charge on any atom is -0.481 e. The lowest BCUT2D eigenvalue weighted by atomic mass is 10.6. The van der Waals surface area contributed by atoms with Gasteiger partial charge in [-0.2, -0.15) is 0 Å². The van der Waals surface area contributed by atoms with Crippen molar-refractivity contribution in [3.8, 4) is 0 Å². The molecule has 0 aromatic carbocycles. The maximum absolute atomic E-state index is 9.00. The first-order valence-electron chi connectivity index (χ1n) is 3.23. The largest absolute Gasteiger partial charge is 0.481 e. The summed E-state index contributed by atoms with van der Waals surface area (Å²) in [5.41, 5.74) is 0. The Morgan fingerprint density at radius 1 is 1.83 bits per heavy atom. The Morgan fingerprint density at radius 3 is 2.50 bits per heavy atom. The predicted molar refractivity (Wildman–Crippen MR) is 44.1 cm³/mol. The van der Waals surface area contributed by atoms with E-state index in [4.69, 9.17) is 25.9 Å². The molecule has 0 aliphatic rings. The molecular formula is C7H10ClNO3. The Labute approximate surface area is 75.2 Å². The Hall–Kier alpha value is -1.03. The number of aryl methyl sites for hydroxylation is 1. The van der Waals surface area contributed by atoms with Crippen LogP contribution in [-0.2, 0) is 10.7 Å². The Kier molecular flexibility index (Phi) is 5.12. The Balaban J connectivity index is 0.000000261. The predicted octanol–water partition coefficient (Wildman–Crippen LogP) is 1.81. The van der Waals surface area contributed by atoms with Crippen molar-refractivity contribution < 1.29 is 14.3 Å². The summed E-state index contributed by atoms with van der Waals surface area (Å²) in [7, 11) is 0. The van der Waals surface area contributed by atoms with Crippen molar-refractivity contribution in [2.75, 3.05) is 0 Å². The van der Waals surface area contributed by atoms with Crippen molar-refractivity contribution in [3.63, 3.8) is 0 Å². The summed E-state index contributed by atoms with van der Waals surface area (Å²) in [6.45, 7) is 2.92. The summed E-state index contributed by atoms with van der Waals surface area (Å²) in [5, 5.41) is 7.42. The molecule has 0 fully saturated rings. The lowest BCUT2D eigenvalue weighted by Gasteiger charge is -1.79. The number of aromatic nitrogens is 1. The van der Waals surface area contributed by atoms with Gasteiger partial charge in [0.05, 0.1) is 12.1 Å². The Morgan fingerprint density at radius 2 is 2.33 bits per heavy atom. The molecular weight excluding hydrogens is 182 g/mol. The summed E-state index contributed by atoms with van der Waals surface area (Å²) in [6.07, 6.45) is 1.65. The molecule has 0 saturated heterocycles. The number of alkyl halides is 1. The first-order valence-corrected chi connectivity index (χ1v) is 3.76. The van der Waals surface area contributed by atoms with Crippen LogP contribution in [-0.4, -0.2) is 16.1 Å². The van der Waals surface area contributed by atoms with Crippen LogP contribution in [0.4, 0.5) is 0 Å². The van der Waals surface area contributed by atoms with Gasteiger partial charge in [-0.1, -0.05) is 0 Å². The molecule has 5 heteroatoms. The fourth-order valence-electron chi connectivity index (χ4n) is 0.463. The third-order valence-corrected chi connectivity index (χ3v) is 1.01. The zero-order chi connectivity index (χ0) is 9.56. The fraction of sp³-hybridized carbons (Fsp3) is 0.429. The van der Waals surface area contributed by atoms with E-state index in [1.807, 2.05) is 6.92 Å². The molecule has 0 spiro atoms. The normalized spacial score (nSPS) is 8.58. The van der Waals surface area contributed by atoms with Crippen LogP contribution in [0.3, 0.4) is 0 Å². The number of carboxylic acids is 1. The number of halogens is 1. The van der Waals surface area contributed by atoms with E-state index in [-0.39, 0.29) is 0 Å². The second-order valence-electron chi connectivity index (χ2n) is 2.02. The topological polar surface area (TPSA) is 63.3 Å². The number of nitrogens with zero attached hydrogens (tertiary/aromatic N) is 1. The maximum Gasteiger partial charge on any atom is 0.300 e. The summed E-state index contributed by atoms with van der Waals surface area (Å²) in [5.74, 6) is 0.915. The van der Waals surface area contributed by atoms with Crippen LogP contribution in [0.25, 0.3) is 0 Å². The molecule has 0 aliphatic carbocycles. The molecule has 68 valence electrons. The van der Waals surface area contributed by atoms with Crippen molar-refractivity contribution in [3.05, 3.63) is 17.8 Å². The van der Waals surface area contributed by atoms with Gasteiger partial charge in [-0.05, 0) is 6.92 Å². The van der Waals surface area contributed by atoms with Gasteiger partial charge < -0.3 is 9.52 Å². The van der Waals surface area contributed by atoms with Gasteiger partial charge >= 0.3 is 0 Å². The van der Waals surface area contributed by atoms with Crippen LogP contribution < -0.4 is 0 Å². The number of hydrogen-bond acceptors (Lipinski definition) is 3. The number of carboxylic acid groups (broad SMARTS) is 1. The Bertz CT molecular complexity index is 243. The van der Waals surface area contributed by atoms with Gasteiger partial charge in [-0.25, -0.2) is 4.98 Å². The van der Waals surface area contributed by atoms with Crippen LogP contribution in [0, 0.1) is 6.92 Å². The second kappa shape index (κ2) is 5.60. The van der Waals surface area contributed by atoms with Gasteiger partial charge in [-0.3, -0.25) is 4.79 Å². The minimum atomic E-state index is -0.833. The fourth-order valence-corrected chi connectivity index (χ4v) is 0.587. The quantitative estimate of drug-likeness (QED) is 0.688. The monoisotopic (exact) mass is 191 g/mol. The zero-order valence-corrected chi connectivity index (χ0v) is 7.63. The highest BCUT2D eigenvalue weighted by molar-refractivity contribution is 6.16. The smallest absolute Gasteiger partial charge is 0.300 e. The van der Waals surface area contributed by atoms with Crippen LogP contribution in [0.1, 0.15) is 18.6 Å². The minimum absolute atomic E-state index is 0.355. The molecule has 1 rings (SSSR count). The van der Waals surface area contributed by atoms with Crippen LogP contribution in [0.15, 0.2) is 10.6 Å². The standard InChI is InChI=1S/C5H6ClNO.C2H4O2/c1-4-3-7-5(2-6)8-4;1-2(3)4/h3H,2H2,1H3;1H3,(H,3,4). The number of oxazole rings is 1. The van der Waals surface area contributed by atoms with E-state index in [1.54, 1.807) is 6.20 Å². The molecule has 1 heterocycles. The molecule has 12 heavy (non-hydrogen) atoms. The van der Waals surface area contributed by atoms with Gasteiger partial charge in [0.1, 0.15) is 5.76 Å². The molecule has 0 unspecified atom stereocenters. The second-order valence-corrected chi connectivity index (χ2v) is 2.28. The average molecular weight is 192 g/mol. The van der Waals surface area contributed by atoms with Gasteiger partial charge in [0.15, 0.2) is 0 Å². The number of aliphatic carboxylic acids is 1. The van der Waals surface area contributed by atoms with Crippen molar-refractivity contribution >= 4 is 17.6 Å². The molecule has 0 atom stereocenters. The molecule has 0 radical (unpaired) electrons. The maximum atomic E-state index is 9.00. The van der Waals surface area contributed by atoms with E-state index >= 15 is 0 Å².